The highest BCUT2D eigenvalue weighted by Gasteiger charge is 2.41. The van der Waals surface area contributed by atoms with Crippen molar-refractivity contribution in [2.24, 2.45) is 11.8 Å². The first-order chi connectivity index (χ1) is 10.1. The molecule has 0 amide bonds. The molecule has 0 spiro atoms. The molecule has 5 unspecified atom stereocenters. The van der Waals surface area contributed by atoms with E-state index in [1.54, 1.807) is 0 Å². The maximum Gasteiger partial charge on any atom is 0.0695 e. The monoisotopic (exact) mass is 294 g/mol. The molecule has 0 aromatic heterocycles. The highest BCUT2D eigenvalue weighted by molar-refractivity contribution is 4.96. The first kappa shape index (κ1) is 15.8. The first-order valence-corrected chi connectivity index (χ1v) is 9.24. The number of fused-ring (bicyclic) bond motifs is 1. The van der Waals surface area contributed by atoms with Gasteiger partial charge >= 0.3 is 0 Å². The Bertz CT molecular complexity index is 346. The second kappa shape index (κ2) is 6.55. The third-order valence-corrected chi connectivity index (χ3v) is 6.43. The second-order valence-corrected chi connectivity index (χ2v) is 8.14. The average Bonchev–Trinajstić information content (AvgIpc) is 2.47. The molecule has 0 aromatic rings. The van der Waals surface area contributed by atoms with E-state index in [2.05, 4.69) is 30.6 Å². The number of rotatable bonds is 2. The molecule has 1 aliphatic carbocycles. The molecule has 3 nitrogen and oxygen atoms in total. The van der Waals surface area contributed by atoms with E-state index < -0.39 is 0 Å². The molecule has 3 rings (SSSR count). The van der Waals surface area contributed by atoms with E-state index in [4.69, 9.17) is 0 Å². The lowest BCUT2D eigenvalue weighted by Gasteiger charge is -2.52. The van der Waals surface area contributed by atoms with Gasteiger partial charge in [0.25, 0.3) is 0 Å². The average molecular weight is 294 g/mol. The van der Waals surface area contributed by atoms with Gasteiger partial charge in [0, 0.05) is 31.2 Å². The van der Waals surface area contributed by atoms with E-state index in [0.717, 1.165) is 24.3 Å². The van der Waals surface area contributed by atoms with Crippen LogP contribution in [0, 0.1) is 11.8 Å². The largest absolute Gasteiger partial charge is 0.391 e. The Morgan fingerprint density at radius 3 is 2.62 bits per heavy atom. The zero-order valence-electron chi connectivity index (χ0n) is 14.2. The van der Waals surface area contributed by atoms with E-state index in [-0.39, 0.29) is 6.10 Å². The van der Waals surface area contributed by atoms with E-state index in [1.807, 2.05) is 0 Å². The second-order valence-electron chi connectivity index (χ2n) is 8.14. The highest BCUT2D eigenvalue weighted by atomic mass is 16.3. The van der Waals surface area contributed by atoms with Gasteiger partial charge in [-0.05, 0) is 57.4 Å². The van der Waals surface area contributed by atoms with Gasteiger partial charge in [0.1, 0.15) is 0 Å². The summed E-state index contributed by atoms with van der Waals surface area (Å²) in [6, 6.07) is 1.76. The van der Waals surface area contributed by atoms with Crippen LogP contribution >= 0.6 is 0 Å². The van der Waals surface area contributed by atoms with Gasteiger partial charge in [-0.1, -0.05) is 20.3 Å². The fourth-order valence-electron chi connectivity index (χ4n) is 4.96. The number of aliphatic hydroxyl groups excluding tert-OH is 1. The number of piperazine rings is 1. The maximum absolute atomic E-state index is 10.6. The predicted octanol–water partition coefficient (Wildman–Crippen LogP) is 2.73. The smallest absolute Gasteiger partial charge is 0.0695 e. The zero-order valence-corrected chi connectivity index (χ0v) is 14.2. The van der Waals surface area contributed by atoms with Gasteiger partial charge in [0.2, 0.25) is 0 Å². The van der Waals surface area contributed by atoms with E-state index in [0.29, 0.717) is 12.1 Å². The molecule has 1 saturated carbocycles. The number of nitrogens with zero attached hydrogens (tertiary/aromatic N) is 2. The topological polar surface area (TPSA) is 26.7 Å². The molecule has 3 heteroatoms. The summed E-state index contributed by atoms with van der Waals surface area (Å²) in [4.78, 5) is 5.38. The molecule has 2 saturated heterocycles. The molecular weight excluding hydrogens is 260 g/mol. The summed E-state index contributed by atoms with van der Waals surface area (Å²) in [6.07, 6.45) is 7.46. The minimum atomic E-state index is -0.0995. The van der Waals surface area contributed by atoms with Crippen molar-refractivity contribution in [2.45, 2.75) is 83.5 Å². The zero-order chi connectivity index (χ0) is 15.0. The van der Waals surface area contributed by atoms with Gasteiger partial charge in [0.15, 0.2) is 0 Å². The summed E-state index contributed by atoms with van der Waals surface area (Å²) in [7, 11) is 0. The minimum absolute atomic E-state index is 0.0995. The molecular formula is C18H34N2O. The highest BCUT2D eigenvalue weighted by Crippen LogP contribution is 2.35. The minimum Gasteiger partial charge on any atom is -0.391 e. The first-order valence-electron chi connectivity index (χ1n) is 9.24. The fraction of sp³-hybridized carbons (Fsp3) is 1.00. The lowest BCUT2D eigenvalue weighted by molar-refractivity contribution is -0.0677. The van der Waals surface area contributed by atoms with Crippen LogP contribution < -0.4 is 0 Å². The van der Waals surface area contributed by atoms with Crippen LogP contribution in [0.1, 0.15) is 59.3 Å². The van der Waals surface area contributed by atoms with Crippen molar-refractivity contribution in [1.29, 1.82) is 0 Å². The molecule has 2 heterocycles. The number of aliphatic hydroxyl groups is 1. The van der Waals surface area contributed by atoms with Gasteiger partial charge < -0.3 is 5.11 Å². The quantitative estimate of drug-likeness (QED) is 0.848. The van der Waals surface area contributed by atoms with Crippen LogP contribution in [-0.2, 0) is 0 Å². The Hall–Kier alpha value is -0.120. The van der Waals surface area contributed by atoms with Gasteiger partial charge in [-0.2, -0.15) is 0 Å². The van der Waals surface area contributed by atoms with Crippen LogP contribution in [0.15, 0.2) is 0 Å². The van der Waals surface area contributed by atoms with Crippen molar-refractivity contribution in [2.75, 3.05) is 19.6 Å². The third kappa shape index (κ3) is 3.30. The van der Waals surface area contributed by atoms with Gasteiger partial charge in [0.05, 0.1) is 6.10 Å². The number of hydrogen-bond acceptors (Lipinski definition) is 3. The Labute approximate surface area is 130 Å². The third-order valence-electron chi connectivity index (χ3n) is 6.43. The van der Waals surface area contributed by atoms with Crippen molar-refractivity contribution in [1.82, 2.24) is 9.80 Å². The molecule has 0 aromatic carbocycles. The van der Waals surface area contributed by atoms with E-state index in [1.165, 1.54) is 51.7 Å². The standard InChI is InChI=1S/C18H34N2O/c1-13(2)15-7-8-18(21)17(10-15)20-12-16-6-4-5-9-19(16)11-14(20)3/h13-18,21H,4-12H2,1-3H3. The molecule has 122 valence electrons. The number of piperidine rings is 1. The Morgan fingerprint density at radius 2 is 1.86 bits per heavy atom. The maximum atomic E-state index is 10.6. The van der Waals surface area contributed by atoms with Crippen molar-refractivity contribution >= 4 is 0 Å². The lowest BCUT2D eigenvalue weighted by Crippen LogP contribution is -2.63. The van der Waals surface area contributed by atoms with Crippen LogP contribution in [0.4, 0.5) is 0 Å². The molecule has 0 radical (unpaired) electrons. The Balaban J connectivity index is 1.68. The number of hydrogen-bond donors (Lipinski definition) is 1. The SMILES string of the molecule is CC(C)C1CCC(O)C(N2CC3CCCCN3CC2C)C1. The molecule has 1 N–H and O–H groups in total. The van der Waals surface area contributed by atoms with E-state index in [9.17, 15) is 5.11 Å². The molecule has 21 heavy (non-hydrogen) atoms. The molecule has 0 bridgehead atoms. The summed E-state index contributed by atoms with van der Waals surface area (Å²) >= 11 is 0. The molecule has 3 fully saturated rings. The van der Waals surface area contributed by atoms with Gasteiger partial charge in [-0.25, -0.2) is 0 Å². The molecule has 3 aliphatic rings. The molecule has 2 aliphatic heterocycles. The van der Waals surface area contributed by atoms with Gasteiger partial charge in [-0.15, -0.1) is 0 Å². The summed E-state index contributed by atoms with van der Waals surface area (Å²) in [6.45, 7) is 10.8. The Morgan fingerprint density at radius 1 is 1.05 bits per heavy atom. The van der Waals surface area contributed by atoms with Crippen LogP contribution in [-0.4, -0.2) is 58.8 Å². The van der Waals surface area contributed by atoms with Crippen molar-refractivity contribution in [3.63, 3.8) is 0 Å². The summed E-state index contributed by atoms with van der Waals surface area (Å²) < 4.78 is 0. The van der Waals surface area contributed by atoms with Crippen molar-refractivity contribution in [3.8, 4) is 0 Å². The predicted molar refractivity (Wildman–Crippen MR) is 87.4 cm³/mol. The fourth-order valence-corrected chi connectivity index (χ4v) is 4.96. The van der Waals surface area contributed by atoms with Crippen molar-refractivity contribution in [3.05, 3.63) is 0 Å². The Kier molecular flexibility index (Phi) is 4.92. The van der Waals surface area contributed by atoms with Crippen LogP contribution in [0.5, 0.6) is 0 Å². The van der Waals surface area contributed by atoms with Gasteiger partial charge in [-0.3, -0.25) is 9.80 Å². The van der Waals surface area contributed by atoms with Crippen LogP contribution in [0.25, 0.3) is 0 Å². The normalized spacial score (nSPS) is 43.0. The summed E-state index contributed by atoms with van der Waals surface area (Å²) in [5.74, 6) is 1.56. The van der Waals surface area contributed by atoms with Crippen molar-refractivity contribution < 1.29 is 5.11 Å². The molecule has 5 atom stereocenters. The lowest BCUT2D eigenvalue weighted by atomic mass is 9.76. The van der Waals surface area contributed by atoms with Crippen LogP contribution in [0.3, 0.4) is 0 Å². The summed E-state index contributed by atoms with van der Waals surface area (Å²) in [5.41, 5.74) is 0. The summed E-state index contributed by atoms with van der Waals surface area (Å²) in [5, 5.41) is 10.6. The van der Waals surface area contributed by atoms with Crippen LogP contribution in [0.2, 0.25) is 0 Å². The van der Waals surface area contributed by atoms with E-state index >= 15 is 0 Å².